The van der Waals surface area contributed by atoms with Gasteiger partial charge in [-0.25, -0.2) is 0 Å². The van der Waals surface area contributed by atoms with E-state index < -0.39 is 9.85 Å². The van der Waals surface area contributed by atoms with Crippen molar-refractivity contribution in [2.24, 2.45) is 0 Å². The molecule has 0 spiro atoms. The van der Waals surface area contributed by atoms with Gasteiger partial charge in [0.1, 0.15) is 0 Å². The summed E-state index contributed by atoms with van der Waals surface area (Å²) in [6.45, 7) is 7.08. The van der Waals surface area contributed by atoms with Crippen LogP contribution in [0.1, 0.15) is 13.8 Å². The highest BCUT2D eigenvalue weighted by molar-refractivity contribution is 5.53. The summed E-state index contributed by atoms with van der Waals surface area (Å²) in [5.41, 5.74) is 2.01. The molecule has 2 aromatic carbocycles. The van der Waals surface area contributed by atoms with Gasteiger partial charge in [0.15, 0.2) is 0 Å². The summed E-state index contributed by atoms with van der Waals surface area (Å²) in [7, 11) is 0. The fraction of sp³-hybridized carbons (Fsp3) is 0.333. The molecule has 2 rings (SSSR count). The van der Waals surface area contributed by atoms with Crippen LogP contribution in [-0.4, -0.2) is 36.0 Å². The molecule has 0 unspecified atom stereocenters. The van der Waals surface area contributed by atoms with Crippen LogP contribution >= 0.6 is 0 Å². The Morgan fingerprint density at radius 3 is 1.23 bits per heavy atom. The predicted molar refractivity (Wildman–Crippen MR) is 102 cm³/mol. The molecule has 138 valence electrons. The van der Waals surface area contributed by atoms with Crippen LogP contribution in [-0.2, 0) is 0 Å². The molecule has 0 fully saturated rings. The number of non-ortho nitro benzene ring substituents is 2. The Bertz CT molecular complexity index is 681. The fourth-order valence-electron chi connectivity index (χ4n) is 2.75. The Morgan fingerprint density at radius 2 is 1.00 bits per heavy atom. The second kappa shape index (κ2) is 8.80. The van der Waals surface area contributed by atoms with E-state index in [1.807, 2.05) is 13.8 Å². The molecule has 0 aliphatic rings. The molecule has 8 nitrogen and oxygen atoms in total. The lowest BCUT2D eigenvalue weighted by atomic mass is 10.2. The van der Waals surface area contributed by atoms with Gasteiger partial charge in [0.25, 0.3) is 11.4 Å². The lowest BCUT2D eigenvalue weighted by Gasteiger charge is -2.29. The standard InChI is InChI=1S/C18H22N4O4/c1-3-19(15-5-9-17(10-6-15)21(23)24)13-14-20(4-2)16-7-11-18(12-8-16)22(25)26/h5-12H,3-4,13-14H2,1-2H3. The molecular formula is C18H22N4O4. The summed E-state index contributed by atoms with van der Waals surface area (Å²) in [5.74, 6) is 0. The molecule has 0 radical (unpaired) electrons. The van der Waals surface area contributed by atoms with E-state index in [-0.39, 0.29) is 11.4 Å². The third kappa shape index (κ3) is 4.69. The molecule has 0 bridgehead atoms. The average Bonchev–Trinajstić information content (AvgIpc) is 2.65. The van der Waals surface area contributed by atoms with Crippen molar-refractivity contribution in [3.05, 3.63) is 68.8 Å². The van der Waals surface area contributed by atoms with Crippen LogP contribution in [0.25, 0.3) is 0 Å². The molecule has 0 atom stereocenters. The van der Waals surface area contributed by atoms with E-state index in [1.165, 1.54) is 24.3 Å². The molecule has 0 N–H and O–H groups in total. The predicted octanol–water partition coefficient (Wildman–Crippen LogP) is 3.86. The maximum Gasteiger partial charge on any atom is 0.269 e. The van der Waals surface area contributed by atoms with E-state index in [2.05, 4.69) is 9.80 Å². The average molecular weight is 358 g/mol. The highest BCUT2D eigenvalue weighted by atomic mass is 16.6. The number of hydrogen-bond acceptors (Lipinski definition) is 6. The van der Waals surface area contributed by atoms with Gasteiger partial charge >= 0.3 is 0 Å². The third-order valence-electron chi connectivity index (χ3n) is 4.25. The Morgan fingerprint density at radius 1 is 0.692 bits per heavy atom. The minimum atomic E-state index is -0.409. The largest absolute Gasteiger partial charge is 0.370 e. The fourth-order valence-corrected chi connectivity index (χ4v) is 2.75. The molecule has 0 saturated carbocycles. The van der Waals surface area contributed by atoms with Crippen molar-refractivity contribution in [2.75, 3.05) is 36.0 Å². The minimum Gasteiger partial charge on any atom is -0.370 e. The zero-order chi connectivity index (χ0) is 19.1. The topological polar surface area (TPSA) is 92.8 Å². The van der Waals surface area contributed by atoms with E-state index >= 15 is 0 Å². The van der Waals surface area contributed by atoms with Crippen molar-refractivity contribution >= 4 is 22.7 Å². The zero-order valence-electron chi connectivity index (χ0n) is 14.9. The zero-order valence-corrected chi connectivity index (χ0v) is 14.9. The molecule has 0 saturated heterocycles. The van der Waals surface area contributed by atoms with Gasteiger partial charge in [0.2, 0.25) is 0 Å². The van der Waals surface area contributed by atoms with Crippen LogP contribution in [0.4, 0.5) is 22.7 Å². The molecule has 26 heavy (non-hydrogen) atoms. The Hall–Kier alpha value is -3.16. The van der Waals surface area contributed by atoms with Crippen LogP contribution in [0, 0.1) is 20.2 Å². The lowest BCUT2D eigenvalue weighted by Crippen LogP contribution is -2.35. The SMILES string of the molecule is CCN(CCN(CC)c1ccc([N+](=O)[O-])cc1)c1ccc([N+](=O)[O-])cc1. The summed E-state index contributed by atoms with van der Waals surface area (Å²) in [4.78, 5) is 25.0. The summed E-state index contributed by atoms with van der Waals surface area (Å²) in [6, 6.07) is 13.0. The van der Waals surface area contributed by atoms with Crippen molar-refractivity contribution in [3.8, 4) is 0 Å². The van der Waals surface area contributed by atoms with Gasteiger partial charge in [-0.1, -0.05) is 0 Å². The molecule has 0 aliphatic heterocycles. The van der Waals surface area contributed by atoms with Crippen molar-refractivity contribution in [1.29, 1.82) is 0 Å². The second-order valence-electron chi connectivity index (χ2n) is 5.71. The second-order valence-corrected chi connectivity index (χ2v) is 5.71. The molecule has 0 aliphatic carbocycles. The van der Waals surface area contributed by atoms with Crippen LogP contribution in [0.2, 0.25) is 0 Å². The van der Waals surface area contributed by atoms with Gasteiger partial charge in [-0.3, -0.25) is 20.2 Å². The number of hydrogen-bond donors (Lipinski definition) is 0. The number of nitro benzene ring substituents is 2. The first-order valence-corrected chi connectivity index (χ1v) is 8.45. The first-order valence-electron chi connectivity index (χ1n) is 8.45. The maximum absolute atomic E-state index is 10.8. The maximum atomic E-state index is 10.8. The van der Waals surface area contributed by atoms with Crippen LogP contribution in [0.3, 0.4) is 0 Å². The Labute approximate surface area is 152 Å². The van der Waals surface area contributed by atoms with Crippen molar-refractivity contribution in [2.45, 2.75) is 13.8 Å². The van der Waals surface area contributed by atoms with Crippen molar-refractivity contribution in [3.63, 3.8) is 0 Å². The highest BCUT2D eigenvalue weighted by Gasteiger charge is 2.12. The van der Waals surface area contributed by atoms with Gasteiger partial charge in [-0.05, 0) is 38.1 Å². The van der Waals surface area contributed by atoms with Gasteiger partial charge in [0, 0.05) is 61.8 Å². The van der Waals surface area contributed by atoms with Crippen LogP contribution < -0.4 is 9.80 Å². The quantitative estimate of drug-likeness (QED) is 0.499. The van der Waals surface area contributed by atoms with Crippen LogP contribution in [0.5, 0.6) is 0 Å². The molecular weight excluding hydrogens is 336 g/mol. The molecule has 0 heterocycles. The number of nitrogens with zero attached hydrogens (tertiary/aromatic N) is 4. The van der Waals surface area contributed by atoms with E-state index in [4.69, 9.17) is 0 Å². The molecule has 2 aromatic rings. The van der Waals surface area contributed by atoms with E-state index in [9.17, 15) is 20.2 Å². The number of anilines is 2. The summed E-state index contributed by atoms with van der Waals surface area (Å²) in [6.07, 6.45) is 0. The Balaban J connectivity index is 2.04. The number of rotatable bonds is 9. The number of likely N-dealkylation sites (N-methyl/N-ethyl adjacent to an activating group) is 2. The Kier molecular flexibility index (Phi) is 6.48. The lowest BCUT2D eigenvalue weighted by molar-refractivity contribution is -0.385. The number of nitro groups is 2. The molecule has 0 aromatic heterocycles. The highest BCUT2D eigenvalue weighted by Crippen LogP contribution is 2.21. The molecule has 8 heteroatoms. The smallest absolute Gasteiger partial charge is 0.269 e. The van der Waals surface area contributed by atoms with E-state index in [0.29, 0.717) is 0 Å². The van der Waals surface area contributed by atoms with Gasteiger partial charge in [-0.15, -0.1) is 0 Å². The minimum absolute atomic E-state index is 0.0749. The van der Waals surface area contributed by atoms with E-state index in [1.54, 1.807) is 24.3 Å². The van der Waals surface area contributed by atoms with Gasteiger partial charge in [-0.2, -0.15) is 0 Å². The van der Waals surface area contributed by atoms with E-state index in [0.717, 1.165) is 37.6 Å². The van der Waals surface area contributed by atoms with Crippen molar-refractivity contribution in [1.82, 2.24) is 0 Å². The summed E-state index contributed by atoms with van der Waals surface area (Å²) in [5, 5.41) is 21.5. The van der Waals surface area contributed by atoms with Gasteiger partial charge < -0.3 is 9.80 Å². The molecule has 0 amide bonds. The van der Waals surface area contributed by atoms with Crippen molar-refractivity contribution < 1.29 is 9.85 Å². The summed E-state index contributed by atoms with van der Waals surface area (Å²) < 4.78 is 0. The normalized spacial score (nSPS) is 10.4. The number of benzene rings is 2. The van der Waals surface area contributed by atoms with Gasteiger partial charge in [0.05, 0.1) is 9.85 Å². The first kappa shape index (κ1) is 19.2. The monoisotopic (exact) mass is 358 g/mol. The third-order valence-corrected chi connectivity index (χ3v) is 4.25. The van der Waals surface area contributed by atoms with Crippen LogP contribution in [0.15, 0.2) is 48.5 Å². The first-order chi connectivity index (χ1) is 12.5. The summed E-state index contributed by atoms with van der Waals surface area (Å²) >= 11 is 0.